The molecule has 0 aliphatic heterocycles. The molecule has 1 aromatic heterocycles. The van der Waals surface area contributed by atoms with Crippen LogP contribution < -0.4 is 5.32 Å². The van der Waals surface area contributed by atoms with Gasteiger partial charge in [0.15, 0.2) is 5.13 Å². The highest BCUT2D eigenvalue weighted by Gasteiger charge is 2.26. The van der Waals surface area contributed by atoms with Gasteiger partial charge in [-0.3, -0.25) is 0 Å². The average molecular weight is 280 g/mol. The third-order valence-corrected chi connectivity index (χ3v) is 3.72. The van der Waals surface area contributed by atoms with Crippen LogP contribution in [0.4, 0.5) is 9.52 Å². The van der Waals surface area contributed by atoms with E-state index in [4.69, 9.17) is 0 Å². The number of hydrogen-bond donors (Lipinski definition) is 1. The second kappa shape index (κ2) is 4.75. The minimum absolute atomic E-state index is 0.0370. The zero-order valence-electron chi connectivity index (χ0n) is 12.2. The molecule has 1 aromatic carbocycles. The molecule has 0 aliphatic carbocycles. The van der Waals surface area contributed by atoms with Crippen molar-refractivity contribution < 1.29 is 4.39 Å². The van der Waals surface area contributed by atoms with Gasteiger partial charge in [0.05, 0.1) is 10.2 Å². The van der Waals surface area contributed by atoms with E-state index in [1.807, 2.05) is 0 Å². The SMILES string of the molecule is CC(C)(C)CC(C)(C)Nc1nc2cc(F)ccc2s1. The fourth-order valence-corrected chi connectivity index (χ4v) is 3.64. The second-order valence-corrected chi connectivity index (χ2v) is 7.91. The molecule has 19 heavy (non-hydrogen) atoms. The summed E-state index contributed by atoms with van der Waals surface area (Å²) in [7, 11) is 0. The monoisotopic (exact) mass is 280 g/mol. The number of nitrogens with one attached hydrogen (secondary N) is 1. The average Bonchev–Trinajstić information content (AvgIpc) is 2.53. The Morgan fingerprint density at radius 3 is 2.53 bits per heavy atom. The van der Waals surface area contributed by atoms with Gasteiger partial charge >= 0.3 is 0 Å². The minimum atomic E-state index is -0.238. The van der Waals surface area contributed by atoms with E-state index in [-0.39, 0.29) is 16.8 Å². The van der Waals surface area contributed by atoms with E-state index in [0.717, 1.165) is 21.8 Å². The zero-order chi connectivity index (χ0) is 14.3. The number of anilines is 1. The molecule has 1 heterocycles. The van der Waals surface area contributed by atoms with Crippen LogP contribution in [0.3, 0.4) is 0 Å². The van der Waals surface area contributed by atoms with Crippen molar-refractivity contribution in [1.82, 2.24) is 4.98 Å². The number of rotatable bonds is 3. The third-order valence-electron chi connectivity index (χ3n) is 2.77. The molecule has 104 valence electrons. The van der Waals surface area contributed by atoms with Crippen LogP contribution in [0.25, 0.3) is 10.2 Å². The van der Waals surface area contributed by atoms with Crippen LogP contribution in [0.5, 0.6) is 0 Å². The molecule has 0 radical (unpaired) electrons. The molecule has 0 aliphatic rings. The lowest BCUT2D eigenvalue weighted by Crippen LogP contribution is -2.35. The fraction of sp³-hybridized carbons (Fsp3) is 0.533. The Kier molecular flexibility index (Phi) is 3.56. The summed E-state index contributed by atoms with van der Waals surface area (Å²) in [6.07, 6.45) is 1.03. The van der Waals surface area contributed by atoms with E-state index in [1.165, 1.54) is 12.1 Å². The third kappa shape index (κ3) is 3.90. The van der Waals surface area contributed by atoms with Crippen LogP contribution in [-0.4, -0.2) is 10.5 Å². The molecule has 0 amide bonds. The van der Waals surface area contributed by atoms with Gasteiger partial charge < -0.3 is 5.32 Å². The molecule has 2 rings (SSSR count). The van der Waals surface area contributed by atoms with E-state index in [0.29, 0.717) is 0 Å². The van der Waals surface area contributed by atoms with Crippen LogP contribution in [-0.2, 0) is 0 Å². The smallest absolute Gasteiger partial charge is 0.184 e. The van der Waals surface area contributed by atoms with Gasteiger partial charge in [-0.15, -0.1) is 0 Å². The Morgan fingerprint density at radius 2 is 1.89 bits per heavy atom. The van der Waals surface area contributed by atoms with Crippen molar-refractivity contribution in [3.8, 4) is 0 Å². The Hall–Kier alpha value is -1.16. The lowest BCUT2D eigenvalue weighted by atomic mass is 9.82. The van der Waals surface area contributed by atoms with Crippen molar-refractivity contribution in [3.05, 3.63) is 24.0 Å². The Bertz CT molecular complexity index is 581. The molecular formula is C15H21FN2S. The van der Waals surface area contributed by atoms with Gasteiger partial charge in [-0.05, 0) is 37.8 Å². The molecule has 0 unspecified atom stereocenters. The van der Waals surface area contributed by atoms with Crippen molar-refractivity contribution >= 4 is 26.7 Å². The lowest BCUT2D eigenvalue weighted by molar-refractivity contribution is 0.302. The molecule has 0 atom stereocenters. The van der Waals surface area contributed by atoms with Crippen molar-refractivity contribution in [1.29, 1.82) is 0 Å². The highest BCUT2D eigenvalue weighted by Crippen LogP contribution is 2.33. The number of thiazole rings is 1. The summed E-state index contributed by atoms with van der Waals surface area (Å²) >= 11 is 1.57. The molecular weight excluding hydrogens is 259 g/mol. The molecule has 0 spiro atoms. The van der Waals surface area contributed by atoms with Crippen molar-refractivity contribution in [3.63, 3.8) is 0 Å². The molecule has 0 saturated heterocycles. The maximum Gasteiger partial charge on any atom is 0.184 e. The van der Waals surface area contributed by atoms with Gasteiger partial charge in [-0.1, -0.05) is 32.1 Å². The molecule has 0 fully saturated rings. The summed E-state index contributed by atoms with van der Waals surface area (Å²) < 4.78 is 14.2. The van der Waals surface area contributed by atoms with E-state index >= 15 is 0 Å². The Balaban J connectivity index is 2.21. The first kappa shape index (κ1) is 14.3. The largest absolute Gasteiger partial charge is 0.357 e. The highest BCUT2D eigenvalue weighted by atomic mass is 32.1. The van der Waals surface area contributed by atoms with E-state index in [2.05, 4.69) is 44.9 Å². The van der Waals surface area contributed by atoms with Crippen LogP contribution >= 0.6 is 11.3 Å². The molecule has 2 nitrogen and oxygen atoms in total. The zero-order valence-corrected chi connectivity index (χ0v) is 13.0. The van der Waals surface area contributed by atoms with Gasteiger partial charge in [-0.2, -0.15) is 0 Å². The summed E-state index contributed by atoms with van der Waals surface area (Å²) in [6.45, 7) is 11.0. The summed E-state index contributed by atoms with van der Waals surface area (Å²) in [5.41, 5.74) is 0.934. The predicted octanol–water partition coefficient (Wildman–Crippen LogP) is 5.06. The summed E-state index contributed by atoms with van der Waals surface area (Å²) in [6, 6.07) is 4.74. The quantitative estimate of drug-likeness (QED) is 0.849. The van der Waals surface area contributed by atoms with Crippen LogP contribution in [0.15, 0.2) is 18.2 Å². The van der Waals surface area contributed by atoms with Crippen LogP contribution in [0, 0.1) is 11.2 Å². The number of benzene rings is 1. The lowest BCUT2D eigenvalue weighted by Gasteiger charge is -2.33. The molecule has 2 aromatic rings. The maximum atomic E-state index is 13.2. The minimum Gasteiger partial charge on any atom is -0.357 e. The first-order valence-corrected chi connectivity index (χ1v) is 7.31. The molecule has 4 heteroatoms. The first-order valence-electron chi connectivity index (χ1n) is 6.49. The standard InChI is InChI=1S/C15H21FN2S/c1-14(2,3)9-15(4,5)18-13-17-11-8-10(16)6-7-12(11)19-13/h6-8H,9H2,1-5H3,(H,17,18). The number of halogens is 1. The van der Waals surface area contributed by atoms with Gasteiger partial charge in [-0.25, -0.2) is 9.37 Å². The normalized spacial score (nSPS) is 12.9. The Labute approximate surface area is 118 Å². The number of fused-ring (bicyclic) bond motifs is 1. The van der Waals surface area contributed by atoms with Crippen LogP contribution in [0.1, 0.15) is 41.0 Å². The predicted molar refractivity (Wildman–Crippen MR) is 81.4 cm³/mol. The highest BCUT2D eigenvalue weighted by molar-refractivity contribution is 7.22. The molecule has 1 N–H and O–H groups in total. The fourth-order valence-electron chi connectivity index (χ4n) is 2.61. The molecule has 0 saturated carbocycles. The summed E-state index contributed by atoms with van der Waals surface area (Å²) in [4.78, 5) is 4.46. The van der Waals surface area contributed by atoms with Gasteiger partial charge in [0.2, 0.25) is 0 Å². The van der Waals surface area contributed by atoms with Crippen molar-refractivity contribution in [2.75, 3.05) is 5.32 Å². The van der Waals surface area contributed by atoms with Crippen molar-refractivity contribution in [2.45, 2.75) is 46.6 Å². The summed E-state index contributed by atoms with van der Waals surface area (Å²) in [5, 5.41) is 4.33. The van der Waals surface area contributed by atoms with Gasteiger partial charge in [0.25, 0.3) is 0 Å². The maximum absolute atomic E-state index is 13.2. The first-order chi connectivity index (χ1) is 8.65. The second-order valence-electron chi connectivity index (χ2n) is 6.88. The topological polar surface area (TPSA) is 24.9 Å². The Morgan fingerprint density at radius 1 is 1.21 bits per heavy atom. The van der Waals surface area contributed by atoms with Crippen LogP contribution in [0.2, 0.25) is 0 Å². The van der Waals surface area contributed by atoms with Gasteiger partial charge in [0.1, 0.15) is 5.82 Å². The number of aromatic nitrogens is 1. The summed E-state index contributed by atoms with van der Waals surface area (Å²) in [5.74, 6) is -0.238. The van der Waals surface area contributed by atoms with Gasteiger partial charge in [0, 0.05) is 11.6 Å². The van der Waals surface area contributed by atoms with Crippen molar-refractivity contribution in [2.24, 2.45) is 5.41 Å². The number of hydrogen-bond acceptors (Lipinski definition) is 3. The molecule has 0 bridgehead atoms. The van der Waals surface area contributed by atoms with E-state index < -0.39 is 0 Å². The van der Waals surface area contributed by atoms with E-state index in [1.54, 1.807) is 17.4 Å². The number of nitrogens with zero attached hydrogens (tertiary/aromatic N) is 1. The van der Waals surface area contributed by atoms with E-state index in [9.17, 15) is 4.39 Å².